The molecule has 0 aromatic rings. The monoisotopic (exact) mass is 285 g/mol. The molecule has 3 atom stereocenters. The second-order valence-corrected chi connectivity index (χ2v) is 9.05. The number of fused-ring (bicyclic) bond motifs is 2. The van der Waals surface area contributed by atoms with Crippen LogP contribution in [0.25, 0.3) is 0 Å². The van der Waals surface area contributed by atoms with Crippen molar-refractivity contribution in [3.8, 4) is 0 Å². The van der Waals surface area contributed by atoms with Crippen LogP contribution in [-0.2, 0) is 4.79 Å². The predicted octanol–water partition coefficient (Wildman–Crippen LogP) is 3.67. The molecule has 0 aromatic heterocycles. The smallest absolute Gasteiger partial charge is 0.220 e. The van der Waals surface area contributed by atoms with Crippen molar-refractivity contribution in [2.24, 2.45) is 35.0 Å². The third-order valence-corrected chi connectivity index (χ3v) is 7.33. The van der Waals surface area contributed by atoms with Crippen LogP contribution in [0.4, 0.5) is 0 Å². The molecule has 2 heteroatoms. The Morgan fingerprint density at radius 1 is 0.952 bits per heavy atom. The molecule has 0 heterocycles. The Hall–Kier alpha value is -0.790. The molecule has 3 unspecified atom stereocenters. The van der Waals surface area contributed by atoms with Crippen molar-refractivity contribution in [2.45, 2.75) is 63.8 Å². The molecular weight excluding hydrogens is 258 g/mol. The Morgan fingerprint density at radius 3 is 2.14 bits per heavy atom. The molecule has 6 aliphatic carbocycles. The summed E-state index contributed by atoms with van der Waals surface area (Å²) in [7, 11) is 0. The highest BCUT2D eigenvalue weighted by Gasteiger charge is 2.51. The largest absolute Gasteiger partial charge is 0.353 e. The third-order valence-electron chi connectivity index (χ3n) is 7.33. The van der Waals surface area contributed by atoms with E-state index in [-0.39, 0.29) is 0 Å². The number of hydrogen-bond acceptors (Lipinski definition) is 1. The second kappa shape index (κ2) is 4.36. The standard InChI is InChI=1S/C19H27NO/c21-18(20-17-7-12-1-2-16(17)6-12)11-19-8-13-3-14(9-19)5-15(4-13)10-19/h1-2,12-17H,3-11H2,(H,20,21). The molecule has 1 N–H and O–H groups in total. The van der Waals surface area contributed by atoms with E-state index in [0.29, 0.717) is 23.3 Å². The van der Waals surface area contributed by atoms with Gasteiger partial charge in [0.25, 0.3) is 0 Å². The Bertz CT molecular complexity index is 459. The molecule has 0 radical (unpaired) electrons. The minimum Gasteiger partial charge on any atom is -0.353 e. The van der Waals surface area contributed by atoms with Gasteiger partial charge in [0.05, 0.1) is 0 Å². The van der Waals surface area contributed by atoms with E-state index in [0.717, 1.165) is 30.1 Å². The van der Waals surface area contributed by atoms with E-state index in [2.05, 4.69) is 17.5 Å². The van der Waals surface area contributed by atoms with Crippen LogP contribution in [0.2, 0.25) is 0 Å². The van der Waals surface area contributed by atoms with Crippen LogP contribution in [0.1, 0.15) is 57.8 Å². The van der Waals surface area contributed by atoms with Crippen molar-refractivity contribution in [1.29, 1.82) is 0 Å². The molecule has 114 valence electrons. The van der Waals surface area contributed by atoms with E-state index >= 15 is 0 Å². The topological polar surface area (TPSA) is 29.1 Å². The fraction of sp³-hybridized carbons (Fsp3) is 0.842. The van der Waals surface area contributed by atoms with Gasteiger partial charge in [-0.2, -0.15) is 0 Å². The minimum atomic E-state index is 0.364. The number of carbonyl (C=O) groups excluding carboxylic acids is 1. The maximum absolute atomic E-state index is 12.6. The lowest BCUT2D eigenvalue weighted by molar-refractivity contribution is -0.130. The van der Waals surface area contributed by atoms with E-state index in [1.807, 2.05) is 0 Å². The molecule has 21 heavy (non-hydrogen) atoms. The highest BCUT2D eigenvalue weighted by molar-refractivity contribution is 5.77. The maximum atomic E-state index is 12.6. The lowest BCUT2D eigenvalue weighted by Gasteiger charge is -2.56. The van der Waals surface area contributed by atoms with E-state index in [1.165, 1.54) is 51.4 Å². The zero-order valence-corrected chi connectivity index (χ0v) is 12.9. The summed E-state index contributed by atoms with van der Waals surface area (Å²) < 4.78 is 0. The first-order valence-corrected chi connectivity index (χ1v) is 9.15. The average Bonchev–Trinajstić information content (AvgIpc) is 2.98. The second-order valence-electron chi connectivity index (χ2n) is 9.05. The number of carbonyl (C=O) groups is 1. The van der Waals surface area contributed by atoms with Gasteiger partial charge in [0.15, 0.2) is 0 Å². The molecular formula is C19H27NO. The molecule has 0 aromatic carbocycles. The third kappa shape index (κ3) is 2.09. The summed E-state index contributed by atoms with van der Waals surface area (Å²) >= 11 is 0. The van der Waals surface area contributed by atoms with Crippen LogP contribution in [0.15, 0.2) is 12.2 Å². The summed E-state index contributed by atoms with van der Waals surface area (Å²) in [5.41, 5.74) is 0.395. The van der Waals surface area contributed by atoms with Crippen molar-refractivity contribution >= 4 is 5.91 Å². The van der Waals surface area contributed by atoms with Gasteiger partial charge in [0.1, 0.15) is 0 Å². The Labute approximate surface area is 127 Å². The van der Waals surface area contributed by atoms with Gasteiger partial charge >= 0.3 is 0 Å². The average molecular weight is 285 g/mol. The number of allylic oxidation sites excluding steroid dienone is 1. The van der Waals surface area contributed by atoms with Gasteiger partial charge in [-0.15, -0.1) is 0 Å². The SMILES string of the molecule is O=C(CC12CC3CC(CC(C3)C1)C2)NC1CC2C=CC1C2. The molecule has 0 spiro atoms. The molecule has 0 saturated heterocycles. The van der Waals surface area contributed by atoms with Gasteiger partial charge in [0.2, 0.25) is 5.91 Å². The highest BCUT2D eigenvalue weighted by atomic mass is 16.1. The summed E-state index contributed by atoms with van der Waals surface area (Å²) in [6.07, 6.45) is 16.4. The summed E-state index contributed by atoms with van der Waals surface area (Å²) in [5.74, 6) is 4.61. The molecule has 5 saturated carbocycles. The fourth-order valence-corrected chi connectivity index (χ4v) is 7.05. The van der Waals surface area contributed by atoms with E-state index in [4.69, 9.17) is 0 Å². The van der Waals surface area contributed by atoms with Crippen molar-refractivity contribution < 1.29 is 4.79 Å². The van der Waals surface area contributed by atoms with Gasteiger partial charge in [-0.3, -0.25) is 4.79 Å². The van der Waals surface area contributed by atoms with Crippen molar-refractivity contribution in [3.05, 3.63) is 12.2 Å². The van der Waals surface area contributed by atoms with Crippen molar-refractivity contribution in [3.63, 3.8) is 0 Å². The van der Waals surface area contributed by atoms with E-state index < -0.39 is 0 Å². The molecule has 5 fully saturated rings. The molecule has 6 aliphatic rings. The van der Waals surface area contributed by atoms with Gasteiger partial charge in [-0.05, 0) is 86.4 Å². The molecule has 2 nitrogen and oxygen atoms in total. The van der Waals surface area contributed by atoms with Crippen LogP contribution in [-0.4, -0.2) is 11.9 Å². The number of hydrogen-bond donors (Lipinski definition) is 1. The van der Waals surface area contributed by atoms with Gasteiger partial charge in [-0.1, -0.05) is 12.2 Å². The zero-order chi connectivity index (χ0) is 14.0. The quantitative estimate of drug-likeness (QED) is 0.788. The number of nitrogens with one attached hydrogen (secondary N) is 1. The Morgan fingerprint density at radius 2 is 1.62 bits per heavy atom. The van der Waals surface area contributed by atoms with Crippen molar-refractivity contribution in [2.75, 3.05) is 0 Å². The summed E-state index contributed by atoms with van der Waals surface area (Å²) in [6.45, 7) is 0. The first-order valence-electron chi connectivity index (χ1n) is 9.15. The van der Waals surface area contributed by atoms with Crippen LogP contribution in [0.3, 0.4) is 0 Å². The first kappa shape index (κ1) is 12.7. The van der Waals surface area contributed by atoms with Crippen LogP contribution >= 0.6 is 0 Å². The molecule has 0 aliphatic heterocycles. The maximum Gasteiger partial charge on any atom is 0.220 e. The first-order chi connectivity index (χ1) is 10.2. The Kier molecular flexibility index (Phi) is 2.64. The lowest BCUT2D eigenvalue weighted by atomic mass is 9.49. The van der Waals surface area contributed by atoms with Crippen LogP contribution < -0.4 is 5.32 Å². The van der Waals surface area contributed by atoms with Crippen LogP contribution in [0.5, 0.6) is 0 Å². The van der Waals surface area contributed by atoms with E-state index in [9.17, 15) is 4.79 Å². The number of rotatable bonds is 3. The molecule has 6 bridgehead atoms. The predicted molar refractivity (Wildman–Crippen MR) is 82.5 cm³/mol. The summed E-state index contributed by atoms with van der Waals surface area (Å²) in [5, 5.41) is 3.40. The number of amides is 1. The minimum absolute atomic E-state index is 0.364. The summed E-state index contributed by atoms with van der Waals surface area (Å²) in [6, 6.07) is 0.446. The zero-order valence-electron chi connectivity index (χ0n) is 12.9. The Balaban J connectivity index is 1.25. The molecule has 6 rings (SSSR count). The normalized spacial score (nSPS) is 52.6. The van der Waals surface area contributed by atoms with E-state index in [1.54, 1.807) is 0 Å². The lowest BCUT2D eigenvalue weighted by Crippen LogP contribution is -2.49. The summed E-state index contributed by atoms with van der Waals surface area (Å²) in [4.78, 5) is 12.6. The molecule has 1 amide bonds. The van der Waals surface area contributed by atoms with Crippen molar-refractivity contribution in [1.82, 2.24) is 5.32 Å². The van der Waals surface area contributed by atoms with Gasteiger partial charge in [0, 0.05) is 12.5 Å². The van der Waals surface area contributed by atoms with Gasteiger partial charge in [-0.25, -0.2) is 0 Å². The fourth-order valence-electron chi connectivity index (χ4n) is 7.05. The van der Waals surface area contributed by atoms with Gasteiger partial charge < -0.3 is 5.32 Å². The van der Waals surface area contributed by atoms with Crippen LogP contribution in [0, 0.1) is 35.0 Å². The highest BCUT2D eigenvalue weighted by Crippen LogP contribution is 2.61.